The number of nitrogens with one attached hydrogen (secondary N) is 2. The van der Waals surface area contributed by atoms with Gasteiger partial charge in [0.15, 0.2) is 0 Å². The zero-order valence-electron chi connectivity index (χ0n) is 12.4. The molecule has 114 valence electrons. The standard InChI is InChI=1S/C16H23N3O2/c1-11-6-2-4-8-13(11)18-16(21)19-14-9-5-3-7-12(14)10-15(17)20/h3,5,7,9,11,13H,2,4,6,8,10H2,1H3,(H2,17,20)(H2,18,19,21). The van der Waals surface area contributed by atoms with E-state index in [2.05, 4.69) is 17.6 Å². The van der Waals surface area contributed by atoms with Crippen LogP contribution in [0.3, 0.4) is 0 Å². The maximum atomic E-state index is 12.1. The minimum atomic E-state index is -0.412. The molecule has 4 N–H and O–H groups in total. The van der Waals surface area contributed by atoms with Crippen LogP contribution in [0.4, 0.5) is 10.5 Å². The van der Waals surface area contributed by atoms with E-state index in [0.717, 1.165) is 24.8 Å². The van der Waals surface area contributed by atoms with Crippen LogP contribution in [-0.4, -0.2) is 18.0 Å². The van der Waals surface area contributed by atoms with Gasteiger partial charge in [0.2, 0.25) is 5.91 Å². The summed E-state index contributed by atoms with van der Waals surface area (Å²) >= 11 is 0. The predicted molar refractivity (Wildman–Crippen MR) is 82.9 cm³/mol. The van der Waals surface area contributed by atoms with Crippen molar-refractivity contribution in [2.45, 2.75) is 45.1 Å². The van der Waals surface area contributed by atoms with Crippen molar-refractivity contribution in [1.29, 1.82) is 0 Å². The van der Waals surface area contributed by atoms with Gasteiger partial charge in [-0.05, 0) is 30.4 Å². The number of primary amides is 1. The SMILES string of the molecule is CC1CCCCC1NC(=O)Nc1ccccc1CC(N)=O. The first-order valence-electron chi connectivity index (χ1n) is 7.50. The Balaban J connectivity index is 1.97. The maximum absolute atomic E-state index is 12.1. The van der Waals surface area contributed by atoms with Gasteiger partial charge in [0.25, 0.3) is 0 Å². The van der Waals surface area contributed by atoms with Crippen LogP contribution < -0.4 is 16.4 Å². The summed E-state index contributed by atoms with van der Waals surface area (Å²) in [5.41, 5.74) is 6.59. The van der Waals surface area contributed by atoms with Crippen LogP contribution in [0.15, 0.2) is 24.3 Å². The highest BCUT2D eigenvalue weighted by atomic mass is 16.2. The van der Waals surface area contributed by atoms with Gasteiger partial charge in [-0.15, -0.1) is 0 Å². The predicted octanol–water partition coefficient (Wildman–Crippen LogP) is 2.41. The average Bonchev–Trinajstić information content (AvgIpc) is 2.43. The molecule has 1 aliphatic rings. The third-order valence-corrected chi connectivity index (χ3v) is 4.06. The molecule has 0 saturated heterocycles. The number of amides is 3. The molecule has 1 aliphatic carbocycles. The summed E-state index contributed by atoms with van der Waals surface area (Å²) in [4.78, 5) is 23.2. The minimum absolute atomic E-state index is 0.121. The fraction of sp³-hybridized carbons (Fsp3) is 0.500. The van der Waals surface area contributed by atoms with E-state index in [1.807, 2.05) is 12.1 Å². The number of para-hydroxylation sites is 1. The molecule has 0 spiro atoms. The van der Waals surface area contributed by atoms with Crippen molar-refractivity contribution in [3.8, 4) is 0 Å². The van der Waals surface area contributed by atoms with E-state index in [1.165, 1.54) is 6.42 Å². The van der Waals surface area contributed by atoms with Gasteiger partial charge >= 0.3 is 6.03 Å². The van der Waals surface area contributed by atoms with E-state index >= 15 is 0 Å². The van der Waals surface area contributed by atoms with Crippen LogP contribution >= 0.6 is 0 Å². The first-order chi connectivity index (χ1) is 10.1. The highest BCUT2D eigenvalue weighted by Crippen LogP contribution is 2.24. The van der Waals surface area contributed by atoms with Gasteiger partial charge in [0, 0.05) is 11.7 Å². The summed E-state index contributed by atoms with van der Waals surface area (Å²) in [5, 5.41) is 5.86. The lowest BCUT2D eigenvalue weighted by Gasteiger charge is -2.29. The van der Waals surface area contributed by atoms with Crippen LogP contribution in [0.25, 0.3) is 0 Å². The fourth-order valence-corrected chi connectivity index (χ4v) is 2.84. The average molecular weight is 289 g/mol. The lowest BCUT2D eigenvalue weighted by molar-refractivity contribution is -0.117. The number of benzene rings is 1. The van der Waals surface area contributed by atoms with Crippen molar-refractivity contribution in [3.63, 3.8) is 0 Å². The minimum Gasteiger partial charge on any atom is -0.369 e. The van der Waals surface area contributed by atoms with Crippen molar-refractivity contribution < 1.29 is 9.59 Å². The van der Waals surface area contributed by atoms with Gasteiger partial charge in [0.05, 0.1) is 6.42 Å². The van der Waals surface area contributed by atoms with E-state index in [1.54, 1.807) is 12.1 Å². The first-order valence-corrected chi connectivity index (χ1v) is 7.50. The molecule has 0 radical (unpaired) electrons. The van der Waals surface area contributed by atoms with Crippen molar-refractivity contribution in [1.82, 2.24) is 5.32 Å². The molecule has 2 unspecified atom stereocenters. The van der Waals surface area contributed by atoms with Crippen LogP contribution in [0.5, 0.6) is 0 Å². The Kier molecular flexibility index (Phi) is 5.20. The van der Waals surface area contributed by atoms with E-state index in [4.69, 9.17) is 5.73 Å². The molecular weight excluding hydrogens is 266 g/mol. The summed E-state index contributed by atoms with van der Waals surface area (Å²) in [7, 11) is 0. The Morgan fingerprint density at radius 3 is 2.67 bits per heavy atom. The molecule has 5 heteroatoms. The third kappa shape index (κ3) is 4.48. The molecule has 1 saturated carbocycles. The lowest BCUT2D eigenvalue weighted by atomic mass is 9.86. The van der Waals surface area contributed by atoms with E-state index < -0.39 is 5.91 Å². The molecular formula is C16H23N3O2. The molecule has 1 aromatic carbocycles. The summed E-state index contributed by atoms with van der Waals surface area (Å²) in [6, 6.07) is 7.23. The third-order valence-electron chi connectivity index (χ3n) is 4.06. The molecule has 2 rings (SSSR count). The fourth-order valence-electron chi connectivity index (χ4n) is 2.84. The number of hydrogen-bond donors (Lipinski definition) is 3. The van der Waals surface area contributed by atoms with Crippen molar-refractivity contribution in [2.75, 3.05) is 5.32 Å². The maximum Gasteiger partial charge on any atom is 0.319 e. The van der Waals surface area contributed by atoms with E-state index in [0.29, 0.717) is 11.6 Å². The van der Waals surface area contributed by atoms with Gasteiger partial charge in [-0.2, -0.15) is 0 Å². The number of carbonyl (C=O) groups is 2. The largest absolute Gasteiger partial charge is 0.369 e. The molecule has 0 heterocycles. The Labute approximate surface area is 125 Å². The number of nitrogens with two attached hydrogens (primary N) is 1. The molecule has 1 fully saturated rings. The molecule has 0 bridgehead atoms. The van der Waals surface area contributed by atoms with E-state index in [-0.39, 0.29) is 18.5 Å². The quantitative estimate of drug-likeness (QED) is 0.795. The molecule has 21 heavy (non-hydrogen) atoms. The summed E-state index contributed by atoms with van der Waals surface area (Å²) in [6.07, 6.45) is 4.70. The number of urea groups is 1. The lowest BCUT2D eigenvalue weighted by Crippen LogP contribution is -2.43. The Hall–Kier alpha value is -2.04. The number of carbonyl (C=O) groups excluding carboxylic acids is 2. The second-order valence-electron chi connectivity index (χ2n) is 5.77. The first kappa shape index (κ1) is 15.4. The number of hydrogen-bond acceptors (Lipinski definition) is 2. The molecule has 5 nitrogen and oxygen atoms in total. The topological polar surface area (TPSA) is 84.2 Å². The number of rotatable bonds is 4. The normalized spacial score (nSPS) is 21.6. The highest BCUT2D eigenvalue weighted by molar-refractivity contribution is 5.91. The van der Waals surface area contributed by atoms with Gasteiger partial charge in [-0.25, -0.2) is 4.79 Å². The van der Waals surface area contributed by atoms with Crippen LogP contribution in [-0.2, 0) is 11.2 Å². The van der Waals surface area contributed by atoms with Crippen molar-refractivity contribution in [2.24, 2.45) is 11.7 Å². The van der Waals surface area contributed by atoms with Gasteiger partial charge in [-0.1, -0.05) is 38.0 Å². The molecule has 1 aromatic rings. The second-order valence-corrected chi connectivity index (χ2v) is 5.77. The van der Waals surface area contributed by atoms with Gasteiger partial charge in [-0.3, -0.25) is 4.79 Å². The summed E-state index contributed by atoms with van der Waals surface area (Å²) < 4.78 is 0. The summed E-state index contributed by atoms with van der Waals surface area (Å²) in [5.74, 6) is 0.0934. The van der Waals surface area contributed by atoms with Gasteiger partial charge in [0.1, 0.15) is 0 Å². The second kappa shape index (κ2) is 7.11. The molecule has 3 amide bonds. The van der Waals surface area contributed by atoms with E-state index in [9.17, 15) is 9.59 Å². The summed E-state index contributed by atoms with van der Waals surface area (Å²) in [6.45, 7) is 2.17. The van der Waals surface area contributed by atoms with Crippen LogP contribution in [0, 0.1) is 5.92 Å². The Morgan fingerprint density at radius 2 is 1.95 bits per heavy atom. The number of anilines is 1. The van der Waals surface area contributed by atoms with Gasteiger partial charge < -0.3 is 16.4 Å². The molecule has 0 aromatic heterocycles. The molecule has 0 aliphatic heterocycles. The molecule has 2 atom stereocenters. The monoisotopic (exact) mass is 289 g/mol. The smallest absolute Gasteiger partial charge is 0.319 e. The highest BCUT2D eigenvalue weighted by Gasteiger charge is 2.22. The zero-order valence-corrected chi connectivity index (χ0v) is 12.4. The van der Waals surface area contributed by atoms with Crippen molar-refractivity contribution >= 4 is 17.6 Å². The zero-order chi connectivity index (χ0) is 15.2. The van der Waals surface area contributed by atoms with Crippen molar-refractivity contribution in [3.05, 3.63) is 29.8 Å². The van der Waals surface area contributed by atoms with Crippen LogP contribution in [0.2, 0.25) is 0 Å². The van der Waals surface area contributed by atoms with Crippen LogP contribution in [0.1, 0.15) is 38.2 Å². The Bertz CT molecular complexity index is 516. The Morgan fingerprint density at radius 1 is 1.24 bits per heavy atom.